The van der Waals surface area contributed by atoms with Crippen molar-refractivity contribution in [1.29, 1.82) is 0 Å². The molecular weight excluding hydrogens is 491 g/mol. The van der Waals surface area contributed by atoms with Gasteiger partial charge in [0.25, 0.3) is 5.91 Å². The summed E-state index contributed by atoms with van der Waals surface area (Å²) >= 11 is 16.0. The van der Waals surface area contributed by atoms with Crippen LogP contribution >= 0.6 is 39.1 Å². The Bertz CT molecular complexity index is 855. The maximum absolute atomic E-state index is 13.1. The zero-order valence-corrected chi connectivity index (χ0v) is 20.2. The lowest BCUT2D eigenvalue weighted by atomic mass is 10.1. The normalized spacial score (nSPS) is 11.8. The van der Waals surface area contributed by atoms with Crippen molar-refractivity contribution >= 4 is 50.9 Å². The van der Waals surface area contributed by atoms with Gasteiger partial charge in [0.1, 0.15) is 11.8 Å². The number of ether oxygens (including phenoxy) is 1. The molecule has 0 saturated heterocycles. The number of benzene rings is 2. The van der Waals surface area contributed by atoms with Crippen LogP contribution in [0.15, 0.2) is 46.9 Å². The van der Waals surface area contributed by atoms with Gasteiger partial charge in [0.15, 0.2) is 6.61 Å². The van der Waals surface area contributed by atoms with E-state index in [-0.39, 0.29) is 31.0 Å². The van der Waals surface area contributed by atoms with E-state index in [1.54, 1.807) is 30.3 Å². The average Bonchev–Trinajstić information content (AvgIpc) is 2.68. The summed E-state index contributed by atoms with van der Waals surface area (Å²) in [7, 11) is 0. The zero-order valence-electron chi connectivity index (χ0n) is 17.1. The van der Waals surface area contributed by atoms with E-state index in [9.17, 15) is 9.59 Å². The van der Waals surface area contributed by atoms with E-state index in [4.69, 9.17) is 27.9 Å². The molecule has 1 N–H and O–H groups in total. The summed E-state index contributed by atoms with van der Waals surface area (Å²) in [5.74, 6) is -0.00529. The fourth-order valence-electron chi connectivity index (χ4n) is 2.91. The molecule has 0 aliphatic rings. The molecule has 2 aromatic carbocycles. The van der Waals surface area contributed by atoms with E-state index < -0.39 is 6.04 Å². The first-order valence-corrected chi connectivity index (χ1v) is 11.2. The highest BCUT2D eigenvalue weighted by Crippen LogP contribution is 2.27. The van der Waals surface area contributed by atoms with Crippen LogP contribution in [0.25, 0.3) is 0 Å². The minimum absolute atomic E-state index is 0.0496. The number of amides is 2. The Morgan fingerprint density at radius 2 is 1.70 bits per heavy atom. The first-order valence-electron chi connectivity index (χ1n) is 9.64. The van der Waals surface area contributed by atoms with Gasteiger partial charge in [0.05, 0.1) is 0 Å². The molecule has 0 aromatic heterocycles. The van der Waals surface area contributed by atoms with Crippen molar-refractivity contribution in [2.45, 2.75) is 45.8 Å². The van der Waals surface area contributed by atoms with E-state index >= 15 is 0 Å². The first-order chi connectivity index (χ1) is 14.2. The molecule has 0 radical (unpaired) electrons. The molecule has 0 fully saturated rings. The molecule has 0 spiro atoms. The SMILES string of the molecule is CC[C@H](C(=O)NC(C)C)N(Cc1c(Cl)cccc1Cl)C(=O)COc1ccc(Br)cc1. The van der Waals surface area contributed by atoms with E-state index in [2.05, 4.69) is 21.2 Å². The van der Waals surface area contributed by atoms with Crippen molar-refractivity contribution in [3.63, 3.8) is 0 Å². The van der Waals surface area contributed by atoms with Gasteiger partial charge in [-0.25, -0.2) is 0 Å². The van der Waals surface area contributed by atoms with Gasteiger partial charge in [0.2, 0.25) is 5.91 Å². The van der Waals surface area contributed by atoms with Crippen molar-refractivity contribution in [2.75, 3.05) is 6.61 Å². The highest BCUT2D eigenvalue weighted by molar-refractivity contribution is 9.10. The van der Waals surface area contributed by atoms with Crippen molar-refractivity contribution < 1.29 is 14.3 Å². The molecule has 0 aliphatic heterocycles. The minimum atomic E-state index is -0.680. The number of nitrogens with zero attached hydrogens (tertiary/aromatic N) is 1. The molecular formula is C22H25BrCl2N2O3. The maximum atomic E-state index is 13.1. The summed E-state index contributed by atoms with van der Waals surface area (Å²) in [5, 5.41) is 3.76. The summed E-state index contributed by atoms with van der Waals surface area (Å²) in [6.07, 6.45) is 0.435. The summed E-state index contributed by atoms with van der Waals surface area (Å²) in [6, 6.07) is 11.6. The Balaban J connectivity index is 2.27. The maximum Gasteiger partial charge on any atom is 0.261 e. The number of hydrogen-bond acceptors (Lipinski definition) is 3. The van der Waals surface area contributed by atoms with Crippen LogP contribution < -0.4 is 10.1 Å². The summed E-state index contributed by atoms with van der Waals surface area (Å²) in [5.41, 5.74) is 0.591. The highest BCUT2D eigenvalue weighted by Gasteiger charge is 2.30. The molecule has 0 unspecified atom stereocenters. The number of carbonyl (C=O) groups is 2. The van der Waals surface area contributed by atoms with Crippen LogP contribution in [-0.2, 0) is 16.1 Å². The van der Waals surface area contributed by atoms with E-state index in [0.717, 1.165) is 4.47 Å². The van der Waals surface area contributed by atoms with E-state index in [1.165, 1.54) is 4.90 Å². The van der Waals surface area contributed by atoms with Crippen LogP contribution in [0, 0.1) is 0 Å². The van der Waals surface area contributed by atoms with Crippen molar-refractivity contribution in [3.05, 3.63) is 62.5 Å². The third kappa shape index (κ3) is 6.89. The number of hydrogen-bond donors (Lipinski definition) is 1. The Morgan fingerprint density at radius 3 is 2.23 bits per heavy atom. The van der Waals surface area contributed by atoms with Crippen molar-refractivity contribution in [3.8, 4) is 5.75 Å². The second kappa shape index (κ2) is 11.6. The van der Waals surface area contributed by atoms with Gasteiger partial charge in [-0.05, 0) is 56.7 Å². The molecule has 0 bridgehead atoms. The molecule has 8 heteroatoms. The van der Waals surface area contributed by atoms with Crippen molar-refractivity contribution in [1.82, 2.24) is 10.2 Å². The van der Waals surface area contributed by atoms with Gasteiger partial charge in [-0.1, -0.05) is 52.1 Å². The molecule has 2 aromatic rings. The molecule has 0 heterocycles. The first kappa shape index (κ1) is 24.5. The molecule has 30 heavy (non-hydrogen) atoms. The fraction of sp³-hybridized carbons (Fsp3) is 0.364. The van der Waals surface area contributed by atoms with Gasteiger partial charge < -0.3 is 15.0 Å². The highest BCUT2D eigenvalue weighted by atomic mass is 79.9. The third-order valence-electron chi connectivity index (χ3n) is 4.38. The Morgan fingerprint density at radius 1 is 1.10 bits per heavy atom. The molecule has 5 nitrogen and oxygen atoms in total. The number of halogens is 3. The van der Waals surface area contributed by atoms with Gasteiger partial charge in [-0.2, -0.15) is 0 Å². The average molecular weight is 516 g/mol. The largest absolute Gasteiger partial charge is 0.484 e. The fourth-order valence-corrected chi connectivity index (χ4v) is 3.69. The van der Waals surface area contributed by atoms with Crippen molar-refractivity contribution in [2.24, 2.45) is 0 Å². The van der Waals surface area contributed by atoms with Crippen LogP contribution in [0.3, 0.4) is 0 Å². The molecule has 2 amide bonds. The van der Waals surface area contributed by atoms with Crippen LogP contribution in [-0.4, -0.2) is 35.4 Å². The molecule has 162 valence electrons. The van der Waals surface area contributed by atoms with Crippen LogP contribution in [0.5, 0.6) is 5.75 Å². The van der Waals surface area contributed by atoms with E-state index in [0.29, 0.717) is 27.8 Å². The molecule has 0 aliphatic carbocycles. The van der Waals surface area contributed by atoms with Gasteiger partial charge in [-0.15, -0.1) is 0 Å². The van der Waals surface area contributed by atoms with Crippen LogP contribution in [0.1, 0.15) is 32.8 Å². The van der Waals surface area contributed by atoms with Gasteiger partial charge in [-0.3, -0.25) is 9.59 Å². The monoisotopic (exact) mass is 514 g/mol. The molecule has 1 atom stereocenters. The van der Waals surface area contributed by atoms with Gasteiger partial charge >= 0.3 is 0 Å². The standard InChI is InChI=1S/C22H25BrCl2N2O3/c1-4-20(22(29)26-14(2)3)27(12-17-18(24)6-5-7-19(17)25)21(28)13-30-16-10-8-15(23)9-11-16/h5-11,14,20H,4,12-13H2,1-3H3,(H,26,29)/t20-/m1/s1. The summed E-state index contributed by atoms with van der Waals surface area (Å²) in [6.45, 7) is 5.49. The smallest absolute Gasteiger partial charge is 0.261 e. The minimum Gasteiger partial charge on any atom is -0.484 e. The lowest BCUT2D eigenvalue weighted by Crippen LogP contribution is -2.51. The predicted octanol–water partition coefficient (Wildman–Crippen LogP) is 5.47. The third-order valence-corrected chi connectivity index (χ3v) is 5.62. The number of rotatable bonds is 9. The lowest BCUT2D eigenvalue weighted by molar-refractivity contribution is -0.143. The quantitative estimate of drug-likeness (QED) is 0.482. The number of nitrogens with one attached hydrogen (secondary N) is 1. The molecule has 2 rings (SSSR count). The van der Waals surface area contributed by atoms with E-state index in [1.807, 2.05) is 32.9 Å². The Kier molecular flexibility index (Phi) is 9.46. The second-order valence-corrected chi connectivity index (χ2v) is 8.78. The topological polar surface area (TPSA) is 58.6 Å². The lowest BCUT2D eigenvalue weighted by Gasteiger charge is -2.31. The van der Waals surface area contributed by atoms with Crippen LogP contribution in [0.4, 0.5) is 0 Å². The number of carbonyl (C=O) groups excluding carboxylic acids is 2. The van der Waals surface area contributed by atoms with Crippen LogP contribution in [0.2, 0.25) is 10.0 Å². The summed E-state index contributed by atoms with van der Waals surface area (Å²) < 4.78 is 6.56. The second-order valence-electron chi connectivity index (χ2n) is 7.05. The van der Waals surface area contributed by atoms with Gasteiger partial charge in [0, 0.05) is 32.7 Å². The Labute approximate surface area is 195 Å². The molecule has 0 saturated carbocycles. The summed E-state index contributed by atoms with van der Waals surface area (Å²) in [4.78, 5) is 27.4. The Hall–Kier alpha value is -1.76. The zero-order chi connectivity index (χ0) is 22.3. The predicted molar refractivity (Wildman–Crippen MR) is 124 cm³/mol.